The first-order valence-electron chi connectivity index (χ1n) is 9.70. The normalized spacial score (nSPS) is 19.0. The molecule has 3 aromatic heterocycles. The molecule has 3 N–H and O–H groups in total. The lowest BCUT2D eigenvalue weighted by atomic mass is 9.92. The topological polar surface area (TPSA) is 100 Å². The van der Waals surface area contributed by atoms with E-state index in [2.05, 4.69) is 25.6 Å². The minimum absolute atomic E-state index is 0.198. The summed E-state index contributed by atoms with van der Waals surface area (Å²) in [6, 6.07) is 9.34. The molecular weight excluding hydrogens is 386 g/mol. The number of amides is 1. The smallest absolute Gasteiger partial charge is 0.280 e. The molecule has 150 valence electrons. The second-order valence-corrected chi connectivity index (χ2v) is 8.24. The van der Waals surface area contributed by atoms with Crippen LogP contribution in [0.3, 0.4) is 0 Å². The maximum Gasteiger partial charge on any atom is 0.280 e. The molecule has 8 heteroatoms. The predicted octanol–water partition coefficient (Wildman–Crippen LogP) is 3.69. The monoisotopic (exact) mass is 409 g/mol. The van der Waals surface area contributed by atoms with Crippen molar-refractivity contribution in [2.24, 2.45) is 0 Å². The molecule has 2 unspecified atom stereocenters. The van der Waals surface area contributed by atoms with Gasteiger partial charge in [-0.1, -0.05) is 18.9 Å². The van der Waals surface area contributed by atoms with Gasteiger partial charge < -0.3 is 15.7 Å². The van der Waals surface area contributed by atoms with E-state index in [9.17, 15) is 9.90 Å². The maximum atomic E-state index is 12.5. The molecule has 0 bridgehead atoms. The second-order valence-electron chi connectivity index (χ2n) is 7.21. The first-order chi connectivity index (χ1) is 14.1. The van der Waals surface area contributed by atoms with Crippen LogP contribution in [0.4, 0.5) is 11.6 Å². The zero-order chi connectivity index (χ0) is 20.2. The number of aliphatic hydroxyl groups excluding tert-OH is 1. The zero-order valence-corrected chi connectivity index (χ0v) is 16.9. The Morgan fingerprint density at radius 2 is 2.03 bits per heavy atom. The zero-order valence-electron chi connectivity index (χ0n) is 16.1. The van der Waals surface area contributed by atoms with Crippen LogP contribution < -0.4 is 10.6 Å². The number of hydrogen-bond donors (Lipinski definition) is 3. The fraction of sp³-hybridized carbons (Fsp3) is 0.333. The van der Waals surface area contributed by atoms with Crippen LogP contribution in [0, 0.1) is 6.92 Å². The van der Waals surface area contributed by atoms with Gasteiger partial charge in [0.05, 0.1) is 22.7 Å². The van der Waals surface area contributed by atoms with Crippen molar-refractivity contribution in [2.75, 3.05) is 5.32 Å². The van der Waals surface area contributed by atoms with Gasteiger partial charge in [-0.3, -0.25) is 4.79 Å². The number of thiazole rings is 1. The molecule has 3 aromatic rings. The molecule has 0 spiro atoms. The molecule has 1 fully saturated rings. The van der Waals surface area contributed by atoms with Crippen molar-refractivity contribution in [3.8, 4) is 10.6 Å². The van der Waals surface area contributed by atoms with Crippen molar-refractivity contribution in [3.63, 3.8) is 0 Å². The average molecular weight is 410 g/mol. The highest BCUT2D eigenvalue weighted by molar-refractivity contribution is 7.16. The number of anilines is 2. The molecule has 0 aliphatic heterocycles. The van der Waals surface area contributed by atoms with Crippen LogP contribution in [0.1, 0.15) is 41.0 Å². The Bertz CT molecular complexity index is 1010. The number of pyridine rings is 2. The lowest BCUT2D eigenvalue weighted by Gasteiger charge is -2.27. The number of rotatable bonds is 5. The van der Waals surface area contributed by atoms with Crippen molar-refractivity contribution < 1.29 is 9.90 Å². The first-order valence-corrected chi connectivity index (χ1v) is 10.5. The lowest BCUT2D eigenvalue weighted by Crippen LogP contribution is -2.45. The Labute approximate surface area is 173 Å². The Balaban J connectivity index is 1.47. The van der Waals surface area contributed by atoms with Crippen molar-refractivity contribution in [1.82, 2.24) is 20.3 Å². The molecule has 0 saturated heterocycles. The van der Waals surface area contributed by atoms with Gasteiger partial charge in [-0.25, -0.2) is 15.0 Å². The highest BCUT2D eigenvalue weighted by atomic mass is 32.1. The molecule has 0 radical (unpaired) electrons. The van der Waals surface area contributed by atoms with Gasteiger partial charge in [-0.15, -0.1) is 11.3 Å². The maximum absolute atomic E-state index is 12.5. The van der Waals surface area contributed by atoms with Crippen molar-refractivity contribution >= 4 is 28.9 Å². The molecule has 2 atom stereocenters. The summed E-state index contributed by atoms with van der Waals surface area (Å²) in [5, 5.41) is 16.6. The van der Waals surface area contributed by atoms with Crippen LogP contribution >= 0.6 is 11.3 Å². The molecule has 1 amide bonds. The van der Waals surface area contributed by atoms with Gasteiger partial charge in [0.1, 0.15) is 11.6 Å². The van der Waals surface area contributed by atoms with Crippen LogP contribution in [0.5, 0.6) is 0 Å². The van der Waals surface area contributed by atoms with Crippen LogP contribution in [0.25, 0.3) is 10.6 Å². The summed E-state index contributed by atoms with van der Waals surface area (Å²) in [4.78, 5) is 26.5. The number of aliphatic hydroxyl groups is 1. The quantitative estimate of drug-likeness (QED) is 0.594. The van der Waals surface area contributed by atoms with Crippen LogP contribution in [-0.2, 0) is 0 Å². The van der Waals surface area contributed by atoms with E-state index in [4.69, 9.17) is 0 Å². The molecule has 7 nitrogen and oxygen atoms in total. The van der Waals surface area contributed by atoms with Gasteiger partial charge in [-0.05, 0) is 49.6 Å². The third-order valence-electron chi connectivity index (χ3n) is 4.92. The van der Waals surface area contributed by atoms with Gasteiger partial charge >= 0.3 is 0 Å². The Morgan fingerprint density at radius 3 is 2.86 bits per heavy atom. The summed E-state index contributed by atoms with van der Waals surface area (Å²) in [6.45, 7) is 2.01. The highest BCUT2D eigenvalue weighted by Gasteiger charge is 2.26. The van der Waals surface area contributed by atoms with Crippen molar-refractivity contribution in [2.45, 2.75) is 44.8 Å². The SMILES string of the molecule is Cc1ccnc(Nc2cccc(-c3cnc(C(=O)NC4CCCCC4O)s3)n2)c1. The fourth-order valence-corrected chi connectivity index (χ4v) is 4.17. The van der Waals surface area contributed by atoms with Crippen molar-refractivity contribution in [3.05, 3.63) is 53.3 Å². The minimum atomic E-state index is -0.480. The predicted molar refractivity (Wildman–Crippen MR) is 113 cm³/mol. The van der Waals surface area contributed by atoms with Crippen LogP contribution in [-0.4, -0.2) is 38.1 Å². The Morgan fingerprint density at radius 1 is 1.17 bits per heavy atom. The lowest BCUT2D eigenvalue weighted by molar-refractivity contribution is 0.0717. The first kappa shape index (κ1) is 19.5. The average Bonchev–Trinajstić information content (AvgIpc) is 3.20. The van der Waals surface area contributed by atoms with Crippen LogP contribution in [0.15, 0.2) is 42.7 Å². The molecule has 1 aliphatic carbocycles. The highest BCUT2D eigenvalue weighted by Crippen LogP contribution is 2.27. The molecule has 29 heavy (non-hydrogen) atoms. The number of aromatic nitrogens is 3. The van der Waals surface area contributed by atoms with E-state index in [-0.39, 0.29) is 11.9 Å². The number of hydrogen-bond acceptors (Lipinski definition) is 7. The largest absolute Gasteiger partial charge is 0.391 e. The van der Waals surface area contributed by atoms with Crippen molar-refractivity contribution in [1.29, 1.82) is 0 Å². The summed E-state index contributed by atoms with van der Waals surface area (Å²) >= 11 is 1.29. The van der Waals surface area contributed by atoms with Crippen LogP contribution in [0.2, 0.25) is 0 Å². The van der Waals surface area contributed by atoms with E-state index in [0.29, 0.717) is 10.8 Å². The number of nitrogens with one attached hydrogen (secondary N) is 2. The van der Waals surface area contributed by atoms with Gasteiger partial charge in [0.15, 0.2) is 5.01 Å². The molecule has 0 aromatic carbocycles. The standard InChI is InChI=1S/C21H23N5O2S/c1-13-9-10-22-19(11-13)26-18-8-4-6-15(24-18)17-12-23-21(29-17)20(28)25-14-5-2-3-7-16(14)27/h4,6,8-12,14,16,27H,2-3,5,7H2,1H3,(H,25,28)(H,22,24,26). The van der Waals surface area contributed by atoms with E-state index in [1.807, 2.05) is 37.3 Å². The van der Waals surface area contributed by atoms with E-state index >= 15 is 0 Å². The number of nitrogens with zero attached hydrogens (tertiary/aromatic N) is 3. The molecule has 3 heterocycles. The Kier molecular flexibility index (Phi) is 5.82. The molecule has 4 rings (SSSR count). The van der Waals surface area contributed by atoms with E-state index in [0.717, 1.165) is 47.6 Å². The summed E-state index contributed by atoms with van der Waals surface area (Å²) in [7, 11) is 0. The summed E-state index contributed by atoms with van der Waals surface area (Å²) in [5.74, 6) is 1.15. The van der Waals surface area contributed by atoms with E-state index < -0.39 is 6.10 Å². The Hall–Kier alpha value is -2.84. The third-order valence-corrected chi connectivity index (χ3v) is 5.94. The summed E-state index contributed by atoms with van der Waals surface area (Å²) < 4.78 is 0. The fourth-order valence-electron chi connectivity index (χ4n) is 3.38. The summed E-state index contributed by atoms with van der Waals surface area (Å²) in [5.41, 5.74) is 1.84. The number of aryl methyl sites for hydroxylation is 1. The molecule has 1 saturated carbocycles. The van der Waals surface area contributed by atoms with Gasteiger partial charge in [-0.2, -0.15) is 0 Å². The van der Waals surface area contributed by atoms with E-state index in [1.165, 1.54) is 11.3 Å². The van der Waals surface area contributed by atoms with Gasteiger partial charge in [0.25, 0.3) is 5.91 Å². The molecular formula is C21H23N5O2S. The summed E-state index contributed by atoms with van der Waals surface area (Å²) in [6.07, 6.45) is 6.48. The number of carbonyl (C=O) groups is 1. The number of carbonyl (C=O) groups excluding carboxylic acids is 1. The second kappa shape index (κ2) is 8.67. The van der Waals surface area contributed by atoms with E-state index in [1.54, 1.807) is 12.4 Å². The minimum Gasteiger partial charge on any atom is -0.391 e. The third kappa shape index (κ3) is 4.78. The van der Waals surface area contributed by atoms with Gasteiger partial charge in [0, 0.05) is 12.4 Å². The van der Waals surface area contributed by atoms with Gasteiger partial charge in [0.2, 0.25) is 0 Å². The molecule has 1 aliphatic rings.